The molecule has 0 aliphatic carbocycles. The number of carbonyl (C=O) groups is 1. The fourth-order valence-corrected chi connectivity index (χ4v) is 1.15. The van der Waals surface area contributed by atoms with Gasteiger partial charge in [-0.25, -0.2) is 4.79 Å². The molecule has 4 heteroatoms. The minimum atomic E-state index is 0.000139. The van der Waals surface area contributed by atoms with Gasteiger partial charge in [0.25, 0.3) is 0 Å². The topological polar surface area (TPSA) is 46.2 Å². The van der Waals surface area contributed by atoms with Crippen molar-refractivity contribution in [3.05, 3.63) is 7.05 Å². The van der Waals surface area contributed by atoms with E-state index in [1.165, 1.54) is 5.32 Å². The number of urea groups is 1. The van der Waals surface area contributed by atoms with Gasteiger partial charge in [0.1, 0.15) is 0 Å². The number of hydrogen-bond acceptors (Lipinski definition) is 2. The van der Waals surface area contributed by atoms with Crippen molar-refractivity contribution in [2.24, 2.45) is 0 Å². The maximum atomic E-state index is 11.1. The maximum absolute atomic E-state index is 11.1. The van der Waals surface area contributed by atoms with Crippen LogP contribution >= 0.6 is 0 Å². The summed E-state index contributed by atoms with van der Waals surface area (Å²) in [6.45, 7) is 3.98. The molecular formula is C7H14N2O2. The first-order chi connectivity index (χ1) is 5.24. The zero-order valence-corrected chi connectivity index (χ0v) is 6.75. The Morgan fingerprint density at radius 2 is 2.55 bits per heavy atom. The third-order valence-electron chi connectivity index (χ3n) is 1.73. The Labute approximate surface area is 66.5 Å². The highest BCUT2D eigenvalue weighted by atomic mass is 16.5. The van der Waals surface area contributed by atoms with Crippen molar-refractivity contribution in [2.45, 2.75) is 13.0 Å². The Bertz CT molecular complexity index is 149. The van der Waals surface area contributed by atoms with Crippen LogP contribution < -0.4 is 5.32 Å². The largest absolute Gasteiger partial charge is 0.395 e. The molecule has 1 atom stereocenters. The second-order valence-electron chi connectivity index (χ2n) is 2.67. The average molecular weight is 158 g/mol. The Morgan fingerprint density at radius 1 is 1.82 bits per heavy atom. The number of carbonyl (C=O) groups excluding carboxylic acids is 1. The summed E-state index contributed by atoms with van der Waals surface area (Å²) in [5.74, 6) is 0. The van der Waals surface area contributed by atoms with E-state index in [1.807, 2.05) is 6.92 Å². The summed E-state index contributed by atoms with van der Waals surface area (Å²) >= 11 is 0. The Kier molecular flexibility index (Phi) is 2.84. The SMILES string of the molecule is [CH2-][NH2+]C(=O)N1CCOC(C)C1. The fraction of sp³-hybridized carbons (Fsp3) is 0.714. The first-order valence-corrected chi connectivity index (χ1v) is 3.77. The molecular weight excluding hydrogens is 144 g/mol. The van der Waals surface area contributed by atoms with Crippen LogP contribution in [-0.4, -0.2) is 36.7 Å². The van der Waals surface area contributed by atoms with Crippen LogP contribution in [0.4, 0.5) is 4.79 Å². The van der Waals surface area contributed by atoms with Crippen LogP contribution in [0.5, 0.6) is 0 Å². The Morgan fingerprint density at radius 3 is 3.09 bits per heavy atom. The molecule has 2 amide bonds. The van der Waals surface area contributed by atoms with Crippen LogP contribution in [0, 0.1) is 7.05 Å². The zero-order valence-electron chi connectivity index (χ0n) is 6.75. The number of rotatable bonds is 0. The summed E-state index contributed by atoms with van der Waals surface area (Å²) in [6, 6.07) is 0.000139. The highest BCUT2D eigenvalue weighted by molar-refractivity contribution is 5.63. The van der Waals surface area contributed by atoms with E-state index < -0.39 is 0 Å². The molecule has 1 fully saturated rings. The second kappa shape index (κ2) is 3.69. The van der Waals surface area contributed by atoms with E-state index in [-0.39, 0.29) is 12.1 Å². The Balaban J connectivity index is 2.39. The predicted molar refractivity (Wildman–Crippen MR) is 39.7 cm³/mol. The van der Waals surface area contributed by atoms with Crippen LogP contribution in [0.15, 0.2) is 0 Å². The molecule has 0 saturated carbocycles. The van der Waals surface area contributed by atoms with Crippen molar-refractivity contribution >= 4 is 6.03 Å². The fourth-order valence-electron chi connectivity index (χ4n) is 1.15. The number of nitrogens with two attached hydrogens (primary N) is 1. The molecule has 0 spiro atoms. The van der Waals surface area contributed by atoms with E-state index in [9.17, 15) is 4.79 Å². The van der Waals surface area contributed by atoms with Gasteiger partial charge in [-0.15, -0.1) is 7.05 Å². The van der Waals surface area contributed by atoms with Crippen LogP contribution in [0.1, 0.15) is 6.92 Å². The van der Waals surface area contributed by atoms with Crippen molar-refractivity contribution in [1.29, 1.82) is 0 Å². The number of primary amides is 1. The molecule has 0 bridgehead atoms. The van der Waals surface area contributed by atoms with Crippen molar-refractivity contribution in [3.63, 3.8) is 0 Å². The van der Waals surface area contributed by atoms with Gasteiger partial charge in [-0.3, -0.25) is 4.90 Å². The van der Waals surface area contributed by atoms with Gasteiger partial charge in [0.15, 0.2) is 0 Å². The third-order valence-corrected chi connectivity index (χ3v) is 1.73. The minimum Gasteiger partial charge on any atom is -0.395 e. The summed E-state index contributed by atoms with van der Waals surface area (Å²) < 4.78 is 5.27. The molecule has 1 aliphatic rings. The quantitative estimate of drug-likeness (QED) is 0.468. The van der Waals surface area contributed by atoms with Gasteiger partial charge < -0.3 is 10.1 Å². The average Bonchev–Trinajstić information content (AvgIpc) is 2.03. The van der Waals surface area contributed by atoms with Gasteiger partial charge in [0, 0.05) is 6.54 Å². The van der Waals surface area contributed by atoms with Crippen LogP contribution in [0.2, 0.25) is 0 Å². The van der Waals surface area contributed by atoms with Crippen LogP contribution in [0.25, 0.3) is 0 Å². The molecule has 4 nitrogen and oxygen atoms in total. The third kappa shape index (κ3) is 2.17. The molecule has 1 heterocycles. The first-order valence-electron chi connectivity index (χ1n) is 3.77. The van der Waals surface area contributed by atoms with Crippen molar-refractivity contribution in [2.75, 3.05) is 19.7 Å². The maximum Gasteiger partial charge on any atom is 0.389 e. The van der Waals surface area contributed by atoms with Gasteiger partial charge in [-0.1, -0.05) is 0 Å². The number of hydrogen-bond donors (Lipinski definition) is 1. The lowest BCUT2D eigenvalue weighted by Gasteiger charge is -2.29. The Hall–Kier alpha value is -0.610. The summed E-state index contributed by atoms with van der Waals surface area (Å²) in [4.78, 5) is 12.8. The molecule has 64 valence electrons. The molecule has 0 aromatic heterocycles. The van der Waals surface area contributed by atoms with E-state index in [4.69, 9.17) is 4.74 Å². The molecule has 1 rings (SSSR count). The monoisotopic (exact) mass is 158 g/mol. The van der Waals surface area contributed by atoms with Gasteiger partial charge in [0.2, 0.25) is 0 Å². The van der Waals surface area contributed by atoms with E-state index in [1.54, 1.807) is 4.90 Å². The van der Waals surface area contributed by atoms with E-state index >= 15 is 0 Å². The molecule has 0 aromatic rings. The van der Waals surface area contributed by atoms with Crippen molar-refractivity contribution in [1.82, 2.24) is 4.90 Å². The number of morpholine rings is 1. The van der Waals surface area contributed by atoms with Gasteiger partial charge in [0.05, 0.1) is 19.3 Å². The second-order valence-corrected chi connectivity index (χ2v) is 2.67. The van der Waals surface area contributed by atoms with Crippen molar-refractivity contribution < 1.29 is 14.8 Å². The molecule has 1 aliphatic heterocycles. The lowest BCUT2D eigenvalue weighted by atomic mass is 10.3. The lowest BCUT2D eigenvalue weighted by Crippen LogP contribution is -2.85. The van der Waals surface area contributed by atoms with E-state index in [0.29, 0.717) is 19.7 Å². The summed E-state index contributed by atoms with van der Waals surface area (Å²) in [5, 5.41) is 1.35. The lowest BCUT2D eigenvalue weighted by molar-refractivity contribution is -0.498. The normalized spacial score (nSPS) is 25.3. The van der Waals surface area contributed by atoms with E-state index in [2.05, 4.69) is 7.05 Å². The number of nitrogens with zero attached hydrogens (tertiary/aromatic N) is 1. The van der Waals surface area contributed by atoms with E-state index in [0.717, 1.165) is 0 Å². The number of amides is 2. The molecule has 0 aromatic carbocycles. The van der Waals surface area contributed by atoms with Gasteiger partial charge in [-0.05, 0) is 6.92 Å². The number of ether oxygens (including phenoxy) is 1. The minimum absolute atomic E-state index is 0.000139. The highest BCUT2D eigenvalue weighted by Gasteiger charge is 2.21. The van der Waals surface area contributed by atoms with Crippen molar-refractivity contribution in [3.8, 4) is 0 Å². The van der Waals surface area contributed by atoms with Crippen LogP contribution in [-0.2, 0) is 4.74 Å². The summed E-state index contributed by atoms with van der Waals surface area (Å²) in [7, 11) is 3.43. The summed E-state index contributed by atoms with van der Waals surface area (Å²) in [6.07, 6.45) is 0.160. The van der Waals surface area contributed by atoms with Gasteiger partial charge in [-0.2, -0.15) is 0 Å². The molecule has 1 saturated heterocycles. The van der Waals surface area contributed by atoms with Gasteiger partial charge >= 0.3 is 6.03 Å². The highest BCUT2D eigenvalue weighted by Crippen LogP contribution is 2.02. The first kappa shape index (κ1) is 8.49. The summed E-state index contributed by atoms with van der Waals surface area (Å²) in [5.41, 5.74) is 0. The molecule has 2 N–H and O–H groups in total. The number of quaternary nitrogens is 1. The predicted octanol–water partition coefficient (Wildman–Crippen LogP) is -0.818. The van der Waals surface area contributed by atoms with Crippen LogP contribution in [0.3, 0.4) is 0 Å². The zero-order chi connectivity index (χ0) is 8.27. The molecule has 0 radical (unpaired) electrons. The molecule has 11 heavy (non-hydrogen) atoms. The standard InChI is InChI=1S/C7H14N2O2/c1-6-5-9(3-4-11-6)7(10)8-2/h6H,2-5,8H2,1H3. The smallest absolute Gasteiger partial charge is 0.389 e. The molecule has 1 unspecified atom stereocenters.